The molecule has 1 aliphatic rings. The van der Waals surface area contributed by atoms with Gasteiger partial charge in [0.15, 0.2) is 23.8 Å². The van der Waals surface area contributed by atoms with Crippen LogP contribution >= 0.6 is 0 Å². The second-order valence-electron chi connectivity index (χ2n) is 31.1. The highest BCUT2D eigenvalue weighted by Gasteiger charge is 2.40. The van der Waals surface area contributed by atoms with Crippen LogP contribution in [0.2, 0.25) is 0 Å². The molecule has 0 saturated carbocycles. The van der Waals surface area contributed by atoms with Crippen molar-refractivity contribution in [2.24, 2.45) is 107 Å². The third-order valence-corrected chi connectivity index (χ3v) is 19.8. The van der Waals surface area contributed by atoms with Gasteiger partial charge in [-0.15, -0.1) is 0 Å². The number of carbonyl (C=O) groups excluding carboxylic acids is 14. The van der Waals surface area contributed by atoms with E-state index in [0.29, 0.717) is 22.9 Å². The number of para-hydroxylation sites is 1. The molecule has 1 aromatic heterocycles. The molecule has 2 heterocycles. The molecular formula is C76H131N27O14. The van der Waals surface area contributed by atoms with Crippen LogP contribution in [0.4, 0.5) is 0 Å². The summed E-state index contributed by atoms with van der Waals surface area (Å²) in [6.45, 7) is 21.3. The number of nitrogens with one attached hydrogen (secondary N) is 14. The van der Waals surface area contributed by atoms with Gasteiger partial charge in [-0.3, -0.25) is 87.1 Å². The van der Waals surface area contributed by atoms with Crippen molar-refractivity contribution in [1.82, 2.24) is 74.1 Å². The summed E-state index contributed by atoms with van der Waals surface area (Å²) in [7, 11) is 0. The van der Waals surface area contributed by atoms with Gasteiger partial charge < -0.3 is 126 Å². The number of rotatable bonds is 28. The van der Waals surface area contributed by atoms with Crippen LogP contribution in [0, 0.1) is 35.5 Å². The van der Waals surface area contributed by atoms with Gasteiger partial charge >= 0.3 is 0 Å². The van der Waals surface area contributed by atoms with E-state index in [1.54, 1.807) is 114 Å². The average molecular weight is 1650 g/mol. The van der Waals surface area contributed by atoms with Gasteiger partial charge in [0, 0.05) is 56.1 Å². The van der Waals surface area contributed by atoms with Gasteiger partial charge in [-0.05, 0) is 118 Å². The fraction of sp³-hybridized carbons (Fsp3) is 0.658. The molecule has 3 rings (SSSR count). The minimum atomic E-state index is -1.61. The molecule has 14 amide bonds. The lowest BCUT2D eigenvalue weighted by atomic mass is 9.95. The van der Waals surface area contributed by atoms with Crippen molar-refractivity contribution in [1.29, 1.82) is 0 Å². The Morgan fingerprint density at radius 3 is 1.12 bits per heavy atom. The number of hydrogen-bond acceptors (Lipinski definition) is 18. The summed E-state index contributed by atoms with van der Waals surface area (Å²) in [6.07, 6.45) is 0.541. The zero-order valence-corrected chi connectivity index (χ0v) is 69.8. The highest BCUT2D eigenvalue weighted by atomic mass is 16.2. The molecule has 15 atom stereocenters. The summed E-state index contributed by atoms with van der Waals surface area (Å²) in [5, 5.41) is 35.8. The predicted octanol–water partition coefficient (Wildman–Crippen LogP) is -4.37. The van der Waals surface area contributed by atoms with Gasteiger partial charge in [-0.2, -0.15) is 0 Å². The Morgan fingerprint density at radius 2 is 0.718 bits per heavy atom. The molecule has 0 bridgehead atoms. The van der Waals surface area contributed by atoms with Crippen molar-refractivity contribution in [3.05, 3.63) is 36.0 Å². The van der Waals surface area contributed by atoms with Crippen molar-refractivity contribution >= 4 is 117 Å². The molecule has 1 fully saturated rings. The van der Waals surface area contributed by atoms with Crippen molar-refractivity contribution in [3.63, 3.8) is 0 Å². The first-order chi connectivity index (χ1) is 55.0. The largest absolute Gasteiger partial charge is 0.370 e. The van der Waals surface area contributed by atoms with E-state index < -0.39 is 204 Å². The van der Waals surface area contributed by atoms with Crippen molar-refractivity contribution < 1.29 is 67.1 Å². The van der Waals surface area contributed by atoms with Crippen LogP contribution in [0.3, 0.4) is 0 Å². The van der Waals surface area contributed by atoms with Crippen molar-refractivity contribution in [2.45, 2.75) is 258 Å². The van der Waals surface area contributed by atoms with E-state index in [-0.39, 0.29) is 127 Å². The number of aromatic amines is 1. The minimum Gasteiger partial charge on any atom is -0.370 e. The number of H-pyrrole nitrogens is 1. The average Bonchev–Trinajstić information content (AvgIpc) is 1.74. The summed E-state index contributed by atoms with van der Waals surface area (Å²) in [6, 6.07) is -11.6. The molecule has 1 aliphatic heterocycles. The van der Waals surface area contributed by atoms with Crippen molar-refractivity contribution in [3.8, 4) is 0 Å². The summed E-state index contributed by atoms with van der Waals surface area (Å²) in [5.41, 5.74) is 52.2. The number of benzene rings is 1. The van der Waals surface area contributed by atoms with E-state index in [0.717, 1.165) is 0 Å². The smallest absolute Gasteiger partial charge is 0.243 e. The van der Waals surface area contributed by atoms with Gasteiger partial charge in [-0.25, -0.2) is 0 Å². The topological polar surface area (TPSA) is 695 Å². The van der Waals surface area contributed by atoms with Crippen LogP contribution in [0.5, 0.6) is 0 Å². The highest BCUT2D eigenvalue weighted by molar-refractivity contribution is 6.01. The molecule has 0 spiro atoms. The van der Waals surface area contributed by atoms with Crippen LogP contribution in [-0.2, 0) is 73.5 Å². The molecule has 41 nitrogen and oxygen atoms in total. The fourth-order valence-electron chi connectivity index (χ4n) is 12.6. The number of nitrogens with two attached hydrogens (primary N) is 9. The molecule has 32 N–H and O–H groups in total. The van der Waals surface area contributed by atoms with E-state index in [9.17, 15) is 57.5 Å². The van der Waals surface area contributed by atoms with Gasteiger partial charge in [-0.1, -0.05) is 114 Å². The SMILES string of the molecule is CC[C@H](C)[C@@H]1NC(=O)[C@H](CCCN=C(N)N)NC(=O)[C@H](C(C)C)NC(=O)[C@H](C)NC(=O)[C@H](C(C)C)NC(=O)[C@H]([C@@H](C)CC)NC(=O)[C@H](CC(C)C)NC(=O)[C@H](CCCN=C(N)N)NC(=O)[C@H](C(C)C)NC(=O)CC[C@@H](C(N)=O)NC(=O)[C@H](CCCN=C(N)N)NC(=O)[C@H](CCCN=C(N)N)NC(=O)[C@H](Cc2c[nH]c3ccccc23)NC1=O. The Balaban J connectivity index is 2.37. The van der Waals surface area contributed by atoms with Crippen LogP contribution in [-0.4, -0.2) is 216 Å². The van der Waals surface area contributed by atoms with Gasteiger partial charge in [0.2, 0.25) is 82.7 Å². The fourth-order valence-corrected chi connectivity index (χ4v) is 12.6. The number of fused-ring (bicyclic) bond motifs is 1. The normalized spacial score (nSPS) is 24.3. The number of hydrogen-bond donors (Lipinski definition) is 23. The lowest BCUT2D eigenvalue weighted by Gasteiger charge is -2.31. The predicted molar refractivity (Wildman–Crippen MR) is 444 cm³/mol. The van der Waals surface area contributed by atoms with Crippen LogP contribution < -0.4 is 121 Å². The Bertz CT molecular complexity index is 3810. The summed E-state index contributed by atoms with van der Waals surface area (Å²) in [4.78, 5) is 223. The van der Waals surface area contributed by atoms with Gasteiger partial charge in [0.1, 0.15) is 78.5 Å². The molecule has 1 aromatic carbocycles. The first-order valence-electron chi connectivity index (χ1n) is 40.0. The Kier molecular flexibility index (Phi) is 42.6. The maximum Gasteiger partial charge on any atom is 0.243 e. The first-order valence-corrected chi connectivity index (χ1v) is 40.0. The lowest BCUT2D eigenvalue weighted by molar-refractivity contribution is -0.137. The number of nitrogens with zero attached hydrogens (tertiary/aromatic N) is 4. The van der Waals surface area contributed by atoms with Gasteiger partial charge in [0.05, 0.1) is 0 Å². The van der Waals surface area contributed by atoms with E-state index in [1.807, 2.05) is 0 Å². The summed E-state index contributed by atoms with van der Waals surface area (Å²) in [5.74, 6) is -17.1. The Labute approximate surface area is 683 Å². The third-order valence-electron chi connectivity index (χ3n) is 19.8. The first kappa shape index (κ1) is 99.6. The summed E-state index contributed by atoms with van der Waals surface area (Å²) < 4.78 is 0. The summed E-state index contributed by atoms with van der Waals surface area (Å²) >= 11 is 0. The number of aliphatic imine (C=N–C) groups is 4. The third kappa shape index (κ3) is 34.8. The lowest BCUT2D eigenvalue weighted by Crippen LogP contribution is -2.62. The zero-order chi connectivity index (χ0) is 88.1. The second kappa shape index (κ2) is 50.0. The number of guanidine groups is 4. The maximum absolute atomic E-state index is 15.3. The number of aromatic nitrogens is 1. The van der Waals surface area contributed by atoms with E-state index in [1.165, 1.54) is 6.92 Å². The zero-order valence-electron chi connectivity index (χ0n) is 69.8. The second-order valence-corrected chi connectivity index (χ2v) is 31.1. The highest BCUT2D eigenvalue weighted by Crippen LogP contribution is 2.22. The molecule has 0 radical (unpaired) electrons. The molecule has 1 saturated heterocycles. The molecular weight excluding hydrogens is 1520 g/mol. The van der Waals surface area contributed by atoms with E-state index >= 15 is 9.59 Å². The molecule has 41 heteroatoms. The van der Waals surface area contributed by atoms with Crippen LogP contribution in [0.25, 0.3) is 10.9 Å². The van der Waals surface area contributed by atoms with E-state index in [4.69, 9.17) is 51.6 Å². The molecule has 2 aromatic rings. The standard InChI is InChI=1S/C76H131N27O14/c1-14-41(11)58-71(116)98-53(35-44-36-90-46-23-17-16-22-45(44)46)66(111)94-49(25-19-31-87-74(80)81)63(108)93-48(24-18-30-86-73(78)79)62(107)92-47(60(77)105)28-29-54(104)99-55(38(5)6)69(114)95-50(26-20-32-88-75(82)83)64(109)97-52(34-37(3)4)67(112)103-59(42(12)15-2)72(117)101-56(39(7)8)68(113)91-43(13)61(106)100-57(40(9)10)70(115)96-51(65(110)102-58)27-21-33-89-76(84)85/h16-17,22-23,36-43,47-53,55-59,90H,14-15,18-21,24-35H2,1-13H3,(H2,77,105)(H,91,113)(H,92,107)(H,93,108)(H,94,111)(H,95,114)(H,96,115)(H,97,109)(H,98,116)(H,99,104)(H,100,106)(H,101,117)(H,102,110)(H,103,112)(H4,78,79,86)(H4,80,81,87)(H4,82,83,88)(H4,84,85,89)/t41-,42-,43-,47-,48-,49-,50-,51-,52-,53-,55-,56-,57-,58-,59-/m0/s1. The van der Waals surface area contributed by atoms with Crippen molar-refractivity contribution in [2.75, 3.05) is 26.2 Å². The molecule has 0 unspecified atom stereocenters. The number of carbonyl (C=O) groups is 14. The van der Waals surface area contributed by atoms with E-state index in [2.05, 4.69) is 94.1 Å². The molecule has 117 heavy (non-hydrogen) atoms. The quantitative estimate of drug-likeness (QED) is 0.0217. The monoisotopic (exact) mass is 1650 g/mol. The Morgan fingerprint density at radius 1 is 0.393 bits per heavy atom. The van der Waals surface area contributed by atoms with Crippen LogP contribution in [0.15, 0.2) is 50.4 Å². The Hall–Kier alpha value is -11.6. The molecule has 0 aliphatic carbocycles. The molecule has 654 valence electrons. The number of amides is 14. The van der Waals surface area contributed by atoms with Crippen LogP contribution in [0.1, 0.15) is 179 Å². The number of primary amides is 1. The minimum absolute atomic E-state index is 0.00116. The maximum atomic E-state index is 15.3. The van der Waals surface area contributed by atoms with Gasteiger partial charge in [0.25, 0.3) is 0 Å².